The van der Waals surface area contributed by atoms with Crippen molar-refractivity contribution in [2.75, 3.05) is 35.9 Å². The molecule has 0 bridgehead atoms. The number of carbonyl (C=O) groups is 4. The molecule has 2 heterocycles. The van der Waals surface area contributed by atoms with Crippen LogP contribution in [0, 0.1) is 67.1 Å². The number of imide groups is 2. The van der Waals surface area contributed by atoms with Crippen molar-refractivity contribution in [1.82, 2.24) is 0 Å². The Morgan fingerprint density at radius 3 is 1.93 bits per heavy atom. The number of nitrogens with zero attached hydrogens (tertiary/aromatic N) is 5. The number of ether oxygens (including phenoxy) is 1. The van der Waals surface area contributed by atoms with E-state index in [0.717, 1.165) is 24.1 Å². The highest BCUT2D eigenvalue weighted by Crippen LogP contribution is 2.67. The van der Waals surface area contributed by atoms with Crippen LogP contribution in [0.4, 0.5) is 50.4 Å². The lowest BCUT2D eigenvalue weighted by molar-refractivity contribution is -0.392. The normalized spacial score (nSPS) is 26.4. The quantitative estimate of drug-likeness (QED) is 0.0397. The minimum atomic E-state index is -2.97. The number of phenolic OH excluding ortho intramolecular Hbond substituents is 1. The summed E-state index contributed by atoms with van der Waals surface area (Å²) in [4.78, 5) is 75.3. The molecular weight excluding hydrogens is 896 g/mol. The van der Waals surface area contributed by atoms with Crippen molar-refractivity contribution in [2.24, 2.45) is 17.8 Å². The van der Waals surface area contributed by atoms with Crippen molar-refractivity contribution in [2.45, 2.75) is 28.5 Å². The number of hydrogen-bond acceptors (Lipinski definition) is 11. The monoisotopic (exact) mass is 917 g/mol. The van der Waals surface area contributed by atoms with Crippen molar-refractivity contribution >= 4 is 91.2 Å². The van der Waals surface area contributed by atoms with E-state index in [-0.39, 0.29) is 32.7 Å². The van der Waals surface area contributed by atoms with Gasteiger partial charge in [0.25, 0.3) is 11.8 Å². The summed E-state index contributed by atoms with van der Waals surface area (Å²) in [6.45, 7) is 0. The number of allylic oxidation sites excluding steroid dienone is 2. The van der Waals surface area contributed by atoms with Gasteiger partial charge in [-0.3, -0.25) is 39.4 Å². The second kappa shape index (κ2) is 13.6. The summed E-state index contributed by atoms with van der Waals surface area (Å²) < 4.78 is 79.4. The summed E-state index contributed by atoms with van der Waals surface area (Å²) in [5.41, 5.74) is -5.07. The largest absolute Gasteiger partial charge is 0.504 e. The summed E-state index contributed by atoms with van der Waals surface area (Å²) >= 11 is 17.5. The molecule has 1 N–H and O–H groups in total. The number of rotatable bonds is 7. The molecule has 3 aromatic rings. The fraction of sp³-hybridized carbons (Fsp3) is 0.314. The number of phenols is 1. The van der Waals surface area contributed by atoms with Crippen LogP contribution in [0.5, 0.6) is 11.5 Å². The number of hydrogen-bond donors (Lipinski definition) is 1. The first kappa shape index (κ1) is 40.8. The second-order valence-corrected chi connectivity index (χ2v) is 16.1. The van der Waals surface area contributed by atoms with E-state index in [1.807, 2.05) is 0 Å². The molecule has 4 aliphatic rings. The minimum Gasteiger partial charge on any atom is -0.504 e. The number of benzene rings is 3. The van der Waals surface area contributed by atoms with E-state index in [1.54, 1.807) is 0 Å². The third-order valence-corrected chi connectivity index (χ3v) is 12.8. The van der Waals surface area contributed by atoms with E-state index in [1.165, 1.54) is 32.3 Å². The number of nitro groups is 2. The Kier molecular flexibility index (Phi) is 9.55. The number of anilines is 3. The summed E-state index contributed by atoms with van der Waals surface area (Å²) in [5.74, 6) is -25.7. The molecule has 7 rings (SSSR count). The fourth-order valence-electron chi connectivity index (χ4n) is 8.59. The predicted octanol–water partition coefficient (Wildman–Crippen LogP) is 6.51. The van der Waals surface area contributed by atoms with Crippen molar-refractivity contribution in [3.05, 3.63) is 95.3 Å². The molecule has 2 aliphatic carbocycles. The van der Waals surface area contributed by atoms with Crippen LogP contribution in [0.3, 0.4) is 0 Å². The first-order valence-electron chi connectivity index (χ1n) is 16.6. The zero-order chi connectivity index (χ0) is 42.8. The molecular formula is C35H23BrCl2F5N5O10. The van der Waals surface area contributed by atoms with Crippen LogP contribution in [0.25, 0.3) is 0 Å². The fourth-order valence-corrected chi connectivity index (χ4v) is 9.97. The van der Waals surface area contributed by atoms with Crippen LogP contribution < -0.4 is 19.4 Å². The lowest BCUT2D eigenvalue weighted by atomic mass is 9.56. The van der Waals surface area contributed by atoms with E-state index in [9.17, 15) is 57.7 Å². The highest BCUT2D eigenvalue weighted by atomic mass is 79.9. The second-order valence-electron chi connectivity index (χ2n) is 14.0. The predicted molar refractivity (Wildman–Crippen MR) is 195 cm³/mol. The number of nitro benzene ring substituents is 2. The summed E-state index contributed by atoms with van der Waals surface area (Å²) in [7, 11) is 3.73. The van der Waals surface area contributed by atoms with Gasteiger partial charge in [-0.25, -0.2) is 31.8 Å². The van der Waals surface area contributed by atoms with Crippen LogP contribution in [-0.4, -0.2) is 69.5 Å². The van der Waals surface area contributed by atoms with Crippen LogP contribution in [-0.2, 0) is 19.2 Å². The number of halogens is 8. The van der Waals surface area contributed by atoms with Gasteiger partial charge in [0.05, 0.1) is 34.5 Å². The van der Waals surface area contributed by atoms with Crippen LogP contribution in [0.15, 0.2) is 40.4 Å². The number of alkyl halides is 2. The van der Waals surface area contributed by atoms with E-state index >= 15 is 8.78 Å². The molecule has 3 aromatic carbocycles. The summed E-state index contributed by atoms with van der Waals surface area (Å²) in [6.07, 6.45) is 0.0970. The number of methoxy groups -OCH3 is 1. The molecule has 0 spiro atoms. The van der Waals surface area contributed by atoms with Crippen LogP contribution in [0.1, 0.15) is 24.3 Å². The molecule has 2 aliphatic heterocycles. The van der Waals surface area contributed by atoms with Crippen LogP contribution >= 0.6 is 39.1 Å². The number of aromatic hydroxyl groups is 1. The van der Waals surface area contributed by atoms with Gasteiger partial charge in [0.15, 0.2) is 50.2 Å². The van der Waals surface area contributed by atoms with Gasteiger partial charge in [-0.2, -0.15) is 0 Å². The average Bonchev–Trinajstić information content (AvgIpc) is 3.51. The standard InChI is InChI=1S/C35H23BrCl2F5N5O10/c1-44(2)27-17(47(54)55)8-12(9-18(27)48(56)57)45-30(50)14-5-4-13-16(20(14)31(45)51)10-34(37)32(52)46(28-25(42)23(40)22(39)24(41)26(28)43)33(53)35(34,38)21(13)15-6-11(36)7-19(58-3)29(15)49/h4,6-9,14,16,20-21,49H,5,10H2,1-3H3/t14-,16+,20-,21+,34+,35-/m0/s1. The highest BCUT2D eigenvalue weighted by molar-refractivity contribution is 9.10. The van der Waals surface area contributed by atoms with E-state index in [0.29, 0.717) is 4.90 Å². The summed E-state index contributed by atoms with van der Waals surface area (Å²) in [5, 5.41) is 35.7. The lowest BCUT2D eigenvalue weighted by Gasteiger charge is -2.50. The van der Waals surface area contributed by atoms with Crippen molar-refractivity contribution in [3.8, 4) is 11.5 Å². The molecule has 23 heteroatoms. The first-order chi connectivity index (χ1) is 27.1. The van der Waals surface area contributed by atoms with E-state index in [2.05, 4.69) is 15.9 Å². The Morgan fingerprint density at radius 1 is 0.862 bits per heavy atom. The van der Waals surface area contributed by atoms with Gasteiger partial charge < -0.3 is 14.7 Å². The van der Waals surface area contributed by atoms with Gasteiger partial charge in [-0.15, -0.1) is 23.2 Å². The zero-order valence-electron chi connectivity index (χ0n) is 29.5. The maximum absolute atomic E-state index is 15.4. The van der Waals surface area contributed by atoms with Crippen molar-refractivity contribution in [1.29, 1.82) is 0 Å². The molecule has 58 heavy (non-hydrogen) atoms. The molecule has 6 atom stereocenters. The van der Waals surface area contributed by atoms with E-state index < -0.39 is 137 Å². The molecule has 2 saturated heterocycles. The Hall–Kier alpha value is -5.41. The smallest absolute Gasteiger partial charge is 0.301 e. The highest BCUT2D eigenvalue weighted by Gasteiger charge is 2.77. The molecule has 1 saturated carbocycles. The van der Waals surface area contributed by atoms with Gasteiger partial charge >= 0.3 is 11.4 Å². The Bertz CT molecular complexity index is 2450. The molecule has 304 valence electrons. The van der Waals surface area contributed by atoms with Crippen LogP contribution in [0.2, 0.25) is 0 Å². The maximum atomic E-state index is 15.4. The Morgan fingerprint density at radius 2 is 1.41 bits per heavy atom. The van der Waals surface area contributed by atoms with Crippen molar-refractivity contribution < 1.29 is 60.8 Å². The lowest BCUT2D eigenvalue weighted by Crippen LogP contribution is -2.60. The average molecular weight is 919 g/mol. The Labute approximate surface area is 339 Å². The summed E-state index contributed by atoms with van der Waals surface area (Å²) in [6, 6.07) is 4.05. The third-order valence-electron chi connectivity index (χ3n) is 11.0. The molecule has 15 nitrogen and oxygen atoms in total. The number of amides is 4. The van der Waals surface area contributed by atoms with Gasteiger partial charge in [0.1, 0.15) is 5.69 Å². The number of carbonyl (C=O) groups excluding carboxylic acids is 4. The van der Waals surface area contributed by atoms with Gasteiger partial charge in [-0.1, -0.05) is 27.6 Å². The first-order valence-corrected chi connectivity index (χ1v) is 18.2. The maximum Gasteiger partial charge on any atom is 0.301 e. The van der Waals surface area contributed by atoms with Gasteiger partial charge in [0, 0.05) is 42.2 Å². The minimum absolute atomic E-state index is 0.0358. The molecule has 4 amide bonds. The van der Waals surface area contributed by atoms with Gasteiger partial charge in [-0.05, 0) is 30.9 Å². The molecule has 0 aromatic heterocycles. The number of fused-ring (bicyclic) bond motifs is 4. The molecule has 3 fully saturated rings. The molecule has 0 radical (unpaired) electrons. The van der Waals surface area contributed by atoms with Crippen molar-refractivity contribution in [3.63, 3.8) is 0 Å². The van der Waals surface area contributed by atoms with Gasteiger partial charge in [0.2, 0.25) is 17.6 Å². The third kappa shape index (κ3) is 5.27. The topological polar surface area (TPSA) is 194 Å². The zero-order valence-corrected chi connectivity index (χ0v) is 32.6. The molecule has 0 unspecified atom stereocenters. The Balaban J connectivity index is 1.45. The SMILES string of the molecule is COc1cc(Br)cc([C@H]2C3=CC[C@@H]4C(=O)N(c5cc([N+](=O)[O-])c(N(C)C)c([N+](=O)[O-])c5)C(=O)[C@@H]4[C@@H]3C[C@@]3(Cl)C(=O)N(c4c(F)c(F)c(F)c(F)c4F)C(=O)[C@@]23Cl)c1O. The van der Waals surface area contributed by atoms with E-state index in [4.69, 9.17) is 27.9 Å².